The Morgan fingerprint density at radius 2 is 2.05 bits per heavy atom. The molecule has 0 heterocycles. The number of halogens is 1. The van der Waals surface area contributed by atoms with Gasteiger partial charge in [-0.2, -0.15) is 0 Å². The van der Waals surface area contributed by atoms with Gasteiger partial charge < -0.3 is 4.74 Å². The van der Waals surface area contributed by atoms with E-state index >= 15 is 0 Å². The fourth-order valence-corrected chi connectivity index (χ4v) is 1.61. The van der Waals surface area contributed by atoms with E-state index in [2.05, 4.69) is 13.2 Å². The number of hydrogen-bond donors (Lipinski definition) is 0. The topological polar surface area (TPSA) is 29.5 Å². The number of hydrogen-bond acceptors (Lipinski definition) is 2. The molecule has 0 saturated carbocycles. The van der Waals surface area contributed by atoms with Crippen LogP contribution >= 0.6 is 0 Å². The summed E-state index contributed by atoms with van der Waals surface area (Å²) in [4.78, 5) is 13.3. The minimum atomic E-state index is -0.581. The van der Waals surface area contributed by atoms with E-state index in [0.717, 1.165) is 5.56 Å². The normalized spacial score (nSPS) is 10.8. The van der Waals surface area contributed by atoms with E-state index < -0.39 is 11.7 Å². The van der Waals surface area contributed by atoms with Gasteiger partial charge in [0, 0.05) is 6.20 Å². The third kappa shape index (κ3) is 4.53. The molecule has 1 rings (SSSR count). The molecule has 3 nitrogen and oxygen atoms in total. The van der Waals surface area contributed by atoms with E-state index in [0.29, 0.717) is 5.56 Å². The summed E-state index contributed by atoms with van der Waals surface area (Å²) in [6.07, 6.45) is 2.45. The van der Waals surface area contributed by atoms with Gasteiger partial charge in [-0.3, -0.25) is 4.90 Å². The fraction of sp³-hybridized carbons (Fsp3) is 0.312. The molecular formula is C16H20FNO2. The first-order valence-corrected chi connectivity index (χ1v) is 6.30. The lowest BCUT2D eigenvalue weighted by Gasteiger charge is -2.25. The maximum Gasteiger partial charge on any atom is 0.414 e. The van der Waals surface area contributed by atoms with Crippen molar-refractivity contribution in [2.75, 3.05) is 0 Å². The van der Waals surface area contributed by atoms with Crippen molar-refractivity contribution in [3.8, 4) is 0 Å². The van der Waals surface area contributed by atoms with Crippen molar-refractivity contribution in [1.29, 1.82) is 0 Å². The number of rotatable bonds is 4. The lowest BCUT2D eigenvalue weighted by Crippen LogP contribution is -2.33. The molecule has 0 atom stereocenters. The molecule has 108 valence electrons. The number of ether oxygens (including phenoxy) is 1. The average Bonchev–Trinajstić information content (AvgIpc) is 2.34. The van der Waals surface area contributed by atoms with Crippen LogP contribution in [-0.2, 0) is 11.3 Å². The van der Waals surface area contributed by atoms with Gasteiger partial charge in [-0.05, 0) is 44.0 Å². The highest BCUT2D eigenvalue weighted by molar-refractivity contribution is 5.69. The highest BCUT2D eigenvalue weighted by Crippen LogP contribution is 2.17. The second-order valence-corrected chi connectivity index (χ2v) is 5.34. The third-order valence-corrected chi connectivity index (χ3v) is 2.52. The van der Waals surface area contributed by atoms with Crippen molar-refractivity contribution in [2.24, 2.45) is 0 Å². The molecule has 1 aromatic carbocycles. The predicted octanol–water partition coefficient (Wildman–Crippen LogP) is 4.35. The average molecular weight is 277 g/mol. The SMILES string of the molecule is C=Cc1cc(F)ccc1CN(C=C)C(=O)OC(C)(C)C. The second-order valence-electron chi connectivity index (χ2n) is 5.34. The van der Waals surface area contributed by atoms with Gasteiger partial charge in [0.05, 0.1) is 6.54 Å². The van der Waals surface area contributed by atoms with Crippen LogP contribution in [0.3, 0.4) is 0 Å². The summed E-state index contributed by atoms with van der Waals surface area (Å²) < 4.78 is 18.4. The van der Waals surface area contributed by atoms with Gasteiger partial charge in [-0.15, -0.1) is 0 Å². The maximum atomic E-state index is 13.2. The molecule has 0 spiro atoms. The minimum absolute atomic E-state index is 0.250. The monoisotopic (exact) mass is 277 g/mol. The summed E-state index contributed by atoms with van der Waals surface area (Å²) >= 11 is 0. The van der Waals surface area contributed by atoms with E-state index in [4.69, 9.17) is 4.74 Å². The molecule has 0 aliphatic carbocycles. The number of nitrogens with zero attached hydrogens (tertiary/aromatic N) is 1. The molecule has 0 N–H and O–H groups in total. The summed E-state index contributed by atoms with van der Waals surface area (Å²) in [6, 6.07) is 4.34. The summed E-state index contributed by atoms with van der Waals surface area (Å²) in [7, 11) is 0. The van der Waals surface area contributed by atoms with Gasteiger partial charge in [0.15, 0.2) is 0 Å². The molecule has 4 heteroatoms. The molecule has 0 radical (unpaired) electrons. The third-order valence-electron chi connectivity index (χ3n) is 2.52. The van der Waals surface area contributed by atoms with Crippen LogP contribution in [0.25, 0.3) is 6.08 Å². The van der Waals surface area contributed by atoms with E-state index in [1.165, 1.54) is 23.2 Å². The Bertz CT molecular complexity index is 518. The smallest absolute Gasteiger partial charge is 0.414 e. The van der Waals surface area contributed by atoms with Gasteiger partial charge in [-0.25, -0.2) is 9.18 Å². The van der Waals surface area contributed by atoms with Crippen LogP contribution in [0.1, 0.15) is 31.9 Å². The van der Waals surface area contributed by atoms with Crippen LogP contribution in [0.15, 0.2) is 37.6 Å². The first-order valence-electron chi connectivity index (χ1n) is 6.30. The molecule has 0 unspecified atom stereocenters. The van der Waals surface area contributed by atoms with Crippen LogP contribution in [0, 0.1) is 5.82 Å². The van der Waals surface area contributed by atoms with Crippen LogP contribution in [-0.4, -0.2) is 16.6 Å². The zero-order valence-electron chi connectivity index (χ0n) is 12.1. The van der Waals surface area contributed by atoms with Crippen molar-refractivity contribution >= 4 is 12.2 Å². The Morgan fingerprint density at radius 1 is 1.40 bits per heavy atom. The number of benzene rings is 1. The van der Waals surface area contributed by atoms with Gasteiger partial charge in [0.2, 0.25) is 0 Å². The number of carbonyl (C=O) groups is 1. The van der Waals surface area contributed by atoms with Gasteiger partial charge in [0.1, 0.15) is 11.4 Å². The van der Waals surface area contributed by atoms with Crippen molar-refractivity contribution in [1.82, 2.24) is 4.90 Å². The first-order chi connectivity index (χ1) is 9.26. The fourth-order valence-electron chi connectivity index (χ4n) is 1.61. The molecular weight excluding hydrogens is 257 g/mol. The molecule has 0 aliphatic heterocycles. The Morgan fingerprint density at radius 3 is 2.55 bits per heavy atom. The van der Waals surface area contributed by atoms with E-state index in [-0.39, 0.29) is 12.4 Å². The van der Waals surface area contributed by atoms with Crippen LogP contribution in [0.5, 0.6) is 0 Å². The summed E-state index contributed by atoms with van der Waals surface area (Å²) in [5.41, 5.74) is 0.829. The van der Waals surface area contributed by atoms with E-state index in [1.54, 1.807) is 32.9 Å². The quantitative estimate of drug-likeness (QED) is 0.819. The Kier molecular flexibility index (Phi) is 5.08. The predicted molar refractivity (Wildman–Crippen MR) is 78.5 cm³/mol. The Hall–Kier alpha value is -2.10. The largest absolute Gasteiger partial charge is 0.443 e. The molecule has 1 aromatic rings. The molecule has 0 aliphatic rings. The minimum Gasteiger partial charge on any atom is -0.443 e. The van der Waals surface area contributed by atoms with E-state index in [9.17, 15) is 9.18 Å². The Balaban J connectivity index is 2.91. The van der Waals surface area contributed by atoms with Gasteiger partial charge >= 0.3 is 6.09 Å². The van der Waals surface area contributed by atoms with E-state index in [1.807, 2.05) is 0 Å². The molecule has 0 fully saturated rings. The first kappa shape index (κ1) is 16.0. The lowest BCUT2D eigenvalue weighted by atomic mass is 10.1. The molecule has 1 amide bonds. The highest BCUT2D eigenvalue weighted by Gasteiger charge is 2.21. The highest BCUT2D eigenvalue weighted by atomic mass is 19.1. The van der Waals surface area contributed by atoms with Crippen molar-refractivity contribution in [3.05, 3.63) is 54.5 Å². The molecule has 0 aromatic heterocycles. The zero-order chi connectivity index (χ0) is 15.3. The number of carbonyl (C=O) groups excluding carboxylic acids is 1. The van der Waals surface area contributed by atoms with Crippen LogP contribution in [0.2, 0.25) is 0 Å². The van der Waals surface area contributed by atoms with Crippen LogP contribution in [0.4, 0.5) is 9.18 Å². The summed E-state index contributed by atoms with van der Waals surface area (Å²) in [6.45, 7) is 12.9. The zero-order valence-corrected chi connectivity index (χ0v) is 12.1. The van der Waals surface area contributed by atoms with Crippen LogP contribution < -0.4 is 0 Å². The standard InChI is InChI=1S/C16H20FNO2/c1-6-12-10-14(17)9-8-13(12)11-18(7-2)15(19)20-16(3,4)5/h6-10H,1-2,11H2,3-5H3. The maximum absolute atomic E-state index is 13.2. The number of amides is 1. The summed E-state index contributed by atoms with van der Waals surface area (Å²) in [5.74, 6) is -0.342. The van der Waals surface area contributed by atoms with Crippen molar-refractivity contribution in [2.45, 2.75) is 32.9 Å². The summed E-state index contributed by atoms with van der Waals surface area (Å²) in [5, 5.41) is 0. The lowest BCUT2D eigenvalue weighted by molar-refractivity contribution is 0.0324. The molecule has 0 saturated heterocycles. The van der Waals surface area contributed by atoms with Gasteiger partial charge in [0.25, 0.3) is 0 Å². The second kappa shape index (κ2) is 6.37. The molecule has 20 heavy (non-hydrogen) atoms. The van der Waals surface area contributed by atoms with Crippen molar-refractivity contribution < 1.29 is 13.9 Å². The van der Waals surface area contributed by atoms with Gasteiger partial charge in [-0.1, -0.05) is 25.3 Å². The van der Waals surface area contributed by atoms with Crippen molar-refractivity contribution in [3.63, 3.8) is 0 Å². The molecule has 0 bridgehead atoms. The Labute approximate surface area is 119 Å².